The molecule has 1 heterocycles. The molecule has 26 heavy (non-hydrogen) atoms. The first kappa shape index (κ1) is 17.9. The second kappa shape index (κ2) is 7.17. The third-order valence-corrected chi connectivity index (χ3v) is 5.78. The number of hydrogen-bond donors (Lipinski definition) is 0. The van der Waals surface area contributed by atoms with Crippen LogP contribution in [0.3, 0.4) is 0 Å². The van der Waals surface area contributed by atoms with Crippen molar-refractivity contribution in [2.45, 2.75) is 25.2 Å². The molecule has 0 aliphatic heterocycles. The molecule has 0 N–H and O–H groups in total. The van der Waals surface area contributed by atoms with Gasteiger partial charge in [-0.1, -0.05) is 36.8 Å². The number of benzene rings is 2. The van der Waals surface area contributed by atoms with E-state index >= 15 is 0 Å². The van der Waals surface area contributed by atoms with E-state index in [1.54, 1.807) is 30.3 Å². The van der Waals surface area contributed by atoms with Crippen LogP contribution in [-0.2, 0) is 16.4 Å². The average Bonchev–Trinajstić information content (AvgIpc) is 3.17. The molecule has 1 aromatic heterocycles. The van der Waals surface area contributed by atoms with Crippen LogP contribution in [0.4, 0.5) is 5.69 Å². The molecule has 0 spiro atoms. The first-order valence-corrected chi connectivity index (χ1v) is 9.66. The van der Waals surface area contributed by atoms with E-state index < -0.39 is 15.9 Å². The topological polar surface area (TPSA) is 67.6 Å². The van der Waals surface area contributed by atoms with Gasteiger partial charge in [-0.3, -0.25) is 4.79 Å². The van der Waals surface area contributed by atoms with E-state index in [0.717, 1.165) is 21.9 Å². The third kappa shape index (κ3) is 3.41. The van der Waals surface area contributed by atoms with Crippen molar-refractivity contribution in [3.8, 4) is 0 Å². The fourth-order valence-electron chi connectivity index (χ4n) is 2.55. The zero-order valence-corrected chi connectivity index (χ0v) is 15.4. The number of aryl methyl sites for hydroxylation is 2. The maximum absolute atomic E-state index is 13.2. The van der Waals surface area contributed by atoms with Gasteiger partial charge in [-0.2, -0.15) is 4.31 Å². The molecule has 5 nitrogen and oxygen atoms in total. The molecular weight excluding hydrogens is 350 g/mol. The van der Waals surface area contributed by atoms with Crippen molar-refractivity contribution < 1.29 is 17.6 Å². The van der Waals surface area contributed by atoms with E-state index in [9.17, 15) is 13.2 Å². The summed E-state index contributed by atoms with van der Waals surface area (Å²) in [4.78, 5) is 12.9. The molecule has 0 bridgehead atoms. The summed E-state index contributed by atoms with van der Waals surface area (Å²) < 4.78 is 32.3. The van der Waals surface area contributed by atoms with Gasteiger partial charge < -0.3 is 4.42 Å². The highest BCUT2D eigenvalue weighted by atomic mass is 32.2. The number of anilines is 1. The largest absolute Gasteiger partial charge is 0.459 e. The third-order valence-electron chi connectivity index (χ3n) is 4.05. The van der Waals surface area contributed by atoms with Gasteiger partial charge in [0.25, 0.3) is 10.0 Å². The van der Waals surface area contributed by atoms with Crippen molar-refractivity contribution in [1.29, 1.82) is 0 Å². The summed E-state index contributed by atoms with van der Waals surface area (Å²) in [5.41, 5.74) is 2.25. The van der Waals surface area contributed by atoms with Gasteiger partial charge in [0.05, 0.1) is 16.8 Å². The summed E-state index contributed by atoms with van der Waals surface area (Å²) in [6.45, 7) is 3.87. The molecule has 0 unspecified atom stereocenters. The van der Waals surface area contributed by atoms with Gasteiger partial charge in [-0.05, 0) is 55.3 Å². The number of nitrogens with zero attached hydrogens (tertiary/aromatic N) is 1. The van der Waals surface area contributed by atoms with E-state index in [4.69, 9.17) is 4.42 Å². The smallest absolute Gasteiger partial charge is 0.307 e. The Kier molecular flexibility index (Phi) is 4.95. The van der Waals surface area contributed by atoms with Crippen LogP contribution < -0.4 is 4.31 Å². The molecule has 0 atom stereocenters. The normalized spacial score (nSPS) is 11.3. The minimum absolute atomic E-state index is 0.0414. The number of hydrogen-bond acceptors (Lipinski definition) is 4. The first-order valence-electron chi connectivity index (χ1n) is 8.22. The molecule has 3 aromatic rings. The summed E-state index contributed by atoms with van der Waals surface area (Å²) in [6.07, 6.45) is 2.15. The maximum atomic E-state index is 13.2. The van der Waals surface area contributed by atoms with Gasteiger partial charge in [0.2, 0.25) is 0 Å². The van der Waals surface area contributed by atoms with Crippen molar-refractivity contribution in [3.05, 3.63) is 83.8 Å². The molecule has 0 radical (unpaired) electrons. The predicted octanol–water partition coefficient (Wildman–Crippen LogP) is 4.19. The van der Waals surface area contributed by atoms with Gasteiger partial charge in [0.15, 0.2) is 5.76 Å². The summed E-state index contributed by atoms with van der Waals surface area (Å²) in [5.74, 6) is -0.778. The Morgan fingerprint density at radius 2 is 1.65 bits per heavy atom. The molecule has 2 aromatic carbocycles. The molecule has 3 rings (SSSR count). The van der Waals surface area contributed by atoms with Gasteiger partial charge in [-0.15, -0.1) is 0 Å². The zero-order chi connectivity index (χ0) is 18.7. The average molecular weight is 369 g/mol. The molecule has 0 aliphatic carbocycles. The van der Waals surface area contributed by atoms with E-state index in [1.165, 1.54) is 24.5 Å². The Hall–Kier alpha value is -2.86. The fourth-order valence-corrected chi connectivity index (χ4v) is 3.95. The second-order valence-electron chi connectivity index (χ2n) is 5.88. The van der Waals surface area contributed by atoms with Gasteiger partial charge in [0.1, 0.15) is 0 Å². The van der Waals surface area contributed by atoms with Crippen LogP contribution in [0.15, 0.2) is 76.2 Å². The Morgan fingerprint density at radius 1 is 1.00 bits per heavy atom. The van der Waals surface area contributed by atoms with Crippen LogP contribution in [0.5, 0.6) is 0 Å². The van der Waals surface area contributed by atoms with E-state index in [1.807, 2.05) is 26.0 Å². The van der Waals surface area contributed by atoms with Crippen LogP contribution in [0, 0.1) is 6.92 Å². The number of carbonyl (C=O) groups is 1. The molecule has 0 fully saturated rings. The van der Waals surface area contributed by atoms with Gasteiger partial charge in [0, 0.05) is 0 Å². The van der Waals surface area contributed by atoms with Crippen molar-refractivity contribution in [2.24, 2.45) is 0 Å². The molecular formula is C20H19NO4S. The highest BCUT2D eigenvalue weighted by molar-refractivity contribution is 7.93. The zero-order valence-electron chi connectivity index (χ0n) is 14.5. The Balaban J connectivity index is 2.13. The van der Waals surface area contributed by atoms with E-state index in [-0.39, 0.29) is 16.3 Å². The summed E-state index contributed by atoms with van der Waals surface area (Å²) in [5, 5.41) is 0. The van der Waals surface area contributed by atoms with Gasteiger partial charge in [-0.25, -0.2) is 8.42 Å². The second-order valence-corrected chi connectivity index (χ2v) is 7.67. The van der Waals surface area contributed by atoms with Crippen molar-refractivity contribution in [2.75, 3.05) is 4.31 Å². The van der Waals surface area contributed by atoms with Crippen molar-refractivity contribution >= 4 is 21.6 Å². The molecule has 1 amide bonds. The lowest BCUT2D eigenvalue weighted by Crippen LogP contribution is -2.36. The molecule has 6 heteroatoms. The van der Waals surface area contributed by atoms with Crippen molar-refractivity contribution in [3.63, 3.8) is 0 Å². The van der Waals surface area contributed by atoms with Crippen LogP contribution >= 0.6 is 0 Å². The minimum Gasteiger partial charge on any atom is -0.459 e. The lowest BCUT2D eigenvalue weighted by molar-refractivity contribution is 0.0979. The number of rotatable bonds is 5. The Morgan fingerprint density at radius 3 is 2.19 bits per heavy atom. The van der Waals surface area contributed by atoms with Crippen LogP contribution in [0.1, 0.15) is 28.6 Å². The SMILES string of the molecule is CCc1ccc(N(C(=O)c2ccco2)S(=O)(=O)c2ccc(C)cc2)cc1. The molecule has 0 saturated heterocycles. The summed E-state index contributed by atoms with van der Waals surface area (Å²) in [6, 6.07) is 16.2. The standard InChI is InChI=1S/C20H19NO4S/c1-3-16-8-10-17(11-9-16)21(20(22)19-5-4-14-25-19)26(23,24)18-12-6-15(2)7-13-18/h4-14H,3H2,1-2H3. The molecule has 134 valence electrons. The number of furan rings is 1. The summed E-state index contributed by atoms with van der Waals surface area (Å²) in [7, 11) is -4.09. The fraction of sp³-hybridized carbons (Fsp3) is 0.150. The summed E-state index contributed by atoms with van der Waals surface area (Å²) >= 11 is 0. The first-order chi connectivity index (χ1) is 12.4. The van der Waals surface area contributed by atoms with Crippen LogP contribution in [0.2, 0.25) is 0 Å². The molecule has 0 aliphatic rings. The van der Waals surface area contributed by atoms with Gasteiger partial charge >= 0.3 is 5.91 Å². The Bertz CT molecular complexity index is 989. The lowest BCUT2D eigenvalue weighted by Gasteiger charge is -2.22. The predicted molar refractivity (Wildman–Crippen MR) is 99.7 cm³/mol. The number of amides is 1. The Labute approximate surface area is 152 Å². The number of carbonyl (C=O) groups excluding carboxylic acids is 1. The van der Waals surface area contributed by atoms with E-state index in [0.29, 0.717) is 0 Å². The van der Waals surface area contributed by atoms with Crippen LogP contribution in [-0.4, -0.2) is 14.3 Å². The number of sulfonamides is 1. The minimum atomic E-state index is -4.09. The monoisotopic (exact) mass is 369 g/mol. The highest BCUT2D eigenvalue weighted by Gasteiger charge is 2.33. The van der Waals surface area contributed by atoms with Crippen LogP contribution in [0.25, 0.3) is 0 Å². The quantitative estimate of drug-likeness (QED) is 0.676. The van der Waals surface area contributed by atoms with E-state index in [2.05, 4.69) is 0 Å². The lowest BCUT2D eigenvalue weighted by atomic mass is 10.1. The molecule has 0 saturated carbocycles. The maximum Gasteiger partial charge on any atom is 0.307 e. The highest BCUT2D eigenvalue weighted by Crippen LogP contribution is 2.27. The van der Waals surface area contributed by atoms with Crippen molar-refractivity contribution in [1.82, 2.24) is 0 Å².